The zero-order chi connectivity index (χ0) is 18.3. The number of likely N-dealkylation sites (tertiary alicyclic amines) is 1. The van der Waals surface area contributed by atoms with Gasteiger partial charge in [-0.2, -0.15) is 0 Å². The summed E-state index contributed by atoms with van der Waals surface area (Å²) in [7, 11) is -3.78. The molecule has 9 heteroatoms. The zero-order valence-corrected chi connectivity index (χ0v) is 15.2. The summed E-state index contributed by atoms with van der Waals surface area (Å²) in [5.74, 6) is 0.0376. The first-order valence-electron chi connectivity index (χ1n) is 7.61. The summed E-state index contributed by atoms with van der Waals surface area (Å²) in [6.45, 7) is 3.67. The average Bonchev–Trinajstić information content (AvgIpc) is 2.52. The number of hydrogen-bond acceptors (Lipinski definition) is 6. The number of nitrogens with one attached hydrogen (secondary N) is 1. The Labute approximate surface area is 151 Å². The van der Waals surface area contributed by atoms with Crippen molar-refractivity contribution < 1.29 is 22.7 Å². The Kier molecular flexibility index (Phi) is 6.89. The van der Waals surface area contributed by atoms with E-state index in [1.807, 2.05) is 35.1 Å². The molecule has 2 rings (SSSR count). The van der Waals surface area contributed by atoms with Gasteiger partial charge in [0.2, 0.25) is 15.9 Å². The van der Waals surface area contributed by atoms with Crippen molar-refractivity contribution in [2.45, 2.75) is 11.9 Å². The molecule has 0 bridgehead atoms. The monoisotopic (exact) mass is 384 g/mol. The molecule has 1 saturated heterocycles. The summed E-state index contributed by atoms with van der Waals surface area (Å²) in [4.78, 5) is 24.8. The number of ether oxygens (including phenoxy) is 1. The first kappa shape index (κ1) is 19.3. The van der Waals surface area contributed by atoms with E-state index >= 15 is 0 Å². The highest BCUT2D eigenvalue weighted by Gasteiger charge is 2.41. The van der Waals surface area contributed by atoms with Crippen LogP contribution in [0.4, 0.5) is 4.79 Å². The van der Waals surface area contributed by atoms with Crippen LogP contribution in [0.2, 0.25) is 0 Å². The van der Waals surface area contributed by atoms with Crippen LogP contribution >= 0.6 is 11.8 Å². The van der Waals surface area contributed by atoms with Crippen molar-refractivity contribution in [1.29, 1.82) is 0 Å². The van der Waals surface area contributed by atoms with E-state index in [-0.39, 0.29) is 25.4 Å². The number of benzene rings is 1. The molecular formula is C16H20N2O5S2. The number of nitrogens with zero attached hydrogens (tertiary/aromatic N) is 1. The van der Waals surface area contributed by atoms with Gasteiger partial charge in [0, 0.05) is 18.8 Å². The van der Waals surface area contributed by atoms with Gasteiger partial charge >= 0.3 is 6.09 Å². The molecule has 0 unspecified atom stereocenters. The van der Waals surface area contributed by atoms with E-state index in [0.29, 0.717) is 5.75 Å². The SMILES string of the molecule is C=CCSCC(=O)NS(=O)(=O)C1CN(C(=O)OCc2ccccc2)C1. The molecule has 1 aromatic rings. The Balaban J connectivity index is 1.73. The van der Waals surface area contributed by atoms with Crippen LogP contribution in [0.3, 0.4) is 0 Å². The molecule has 1 aromatic carbocycles. The standard InChI is InChI=1S/C16H20N2O5S2/c1-2-8-24-12-15(19)17-25(21,22)14-9-18(10-14)16(20)23-11-13-6-4-3-5-7-13/h2-7,14H,1,8-12H2,(H,17,19). The lowest BCUT2D eigenvalue weighted by Crippen LogP contribution is -2.60. The van der Waals surface area contributed by atoms with Crippen molar-refractivity contribution in [3.8, 4) is 0 Å². The summed E-state index contributed by atoms with van der Waals surface area (Å²) in [6, 6.07) is 9.20. The van der Waals surface area contributed by atoms with Gasteiger partial charge < -0.3 is 9.64 Å². The predicted molar refractivity (Wildman–Crippen MR) is 96.6 cm³/mol. The third-order valence-electron chi connectivity index (χ3n) is 3.48. The van der Waals surface area contributed by atoms with Gasteiger partial charge in [-0.15, -0.1) is 18.3 Å². The fourth-order valence-electron chi connectivity index (χ4n) is 2.10. The second-order valence-corrected chi connectivity index (χ2v) is 8.43. The molecular weight excluding hydrogens is 364 g/mol. The molecule has 7 nitrogen and oxygen atoms in total. The fraction of sp³-hybridized carbons (Fsp3) is 0.375. The van der Waals surface area contributed by atoms with Crippen molar-refractivity contribution >= 4 is 33.8 Å². The van der Waals surface area contributed by atoms with Gasteiger partial charge in [-0.3, -0.25) is 9.52 Å². The van der Waals surface area contributed by atoms with E-state index in [1.165, 1.54) is 16.7 Å². The normalized spacial score (nSPS) is 14.5. The maximum atomic E-state index is 12.1. The van der Waals surface area contributed by atoms with Crippen molar-refractivity contribution in [2.75, 3.05) is 24.6 Å². The first-order valence-corrected chi connectivity index (χ1v) is 10.3. The van der Waals surface area contributed by atoms with Crippen molar-refractivity contribution in [3.63, 3.8) is 0 Å². The highest BCUT2D eigenvalue weighted by atomic mass is 32.2. The van der Waals surface area contributed by atoms with E-state index in [4.69, 9.17) is 4.74 Å². The van der Waals surface area contributed by atoms with Gasteiger partial charge in [0.1, 0.15) is 11.9 Å². The Morgan fingerprint density at radius 2 is 2.00 bits per heavy atom. The number of carbonyl (C=O) groups is 2. The molecule has 0 saturated carbocycles. The van der Waals surface area contributed by atoms with Gasteiger partial charge in [0.25, 0.3) is 0 Å². The quantitative estimate of drug-likeness (QED) is 0.538. The van der Waals surface area contributed by atoms with Crippen LogP contribution in [0, 0.1) is 0 Å². The smallest absolute Gasteiger partial charge is 0.410 e. The minimum atomic E-state index is -3.78. The Hall–Kier alpha value is -2.00. The summed E-state index contributed by atoms with van der Waals surface area (Å²) in [5, 5.41) is -0.801. The van der Waals surface area contributed by atoms with Crippen LogP contribution in [0.1, 0.15) is 5.56 Å². The van der Waals surface area contributed by atoms with Crippen LogP contribution < -0.4 is 4.72 Å². The van der Waals surface area contributed by atoms with Crippen LogP contribution in [0.15, 0.2) is 43.0 Å². The minimum absolute atomic E-state index is 0.00996. The fourth-order valence-corrected chi connectivity index (χ4v) is 4.04. The number of hydrogen-bond donors (Lipinski definition) is 1. The zero-order valence-electron chi connectivity index (χ0n) is 13.6. The van der Waals surface area contributed by atoms with Gasteiger partial charge in [-0.1, -0.05) is 36.4 Å². The largest absolute Gasteiger partial charge is 0.445 e. The minimum Gasteiger partial charge on any atom is -0.445 e. The third kappa shape index (κ3) is 5.79. The molecule has 1 aliphatic heterocycles. The van der Waals surface area contributed by atoms with Crippen molar-refractivity contribution in [1.82, 2.24) is 9.62 Å². The van der Waals surface area contributed by atoms with Crippen LogP contribution in [0.5, 0.6) is 0 Å². The van der Waals surface area contributed by atoms with E-state index in [9.17, 15) is 18.0 Å². The molecule has 1 fully saturated rings. The van der Waals surface area contributed by atoms with E-state index < -0.39 is 27.3 Å². The topological polar surface area (TPSA) is 92.8 Å². The lowest BCUT2D eigenvalue weighted by molar-refractivity contribution is -0.116. The Morgan fingerprint density at radius 1 is 1.32 bits per heavy atom. The molecule has 25 heavy (non-hydrogen) atoms. The van der Waals surface area contributed by atoms with E-state index in [2.05, 4.69) is 6.58 Å². The molecule has 1 N–H and O–H groups in total. The number of sulfonamides is 1. The van der Waals surface area contributed by atoms with Gasteiger partial charge in [0.15, 0.2) is 0 Å². The summed E-state index contributed by atoms with van der Waals surface area (Å²) in [6.07, 6.45) is 1.07. The Bertz CT molecular complexity index is 715. The molecule has 1 heterocycles. The summed E-state index contributed by atoms with van der Waals surface area (Å²) < 4.78 is 31.3. The lowest BCUT2D eigenvalue weighted by atomic mass is 10.2. The van der Waals surface area contributed by atoms with Crippen LogP contribution in [0.25, 0.3) is 0 Å². The maximum Gasteiger partial charge on any atom is 0.410 e. The number of rotatable bonds is 8. The van der Waals surface area contributed by atoms with Crippen LogP contribution in [-0.2, 0) is 26.2 Å². The Morgan fingerprint density at radius 3 is 2.64 bits per heavy atom. The highest BCUT2D eigenvalue weighted by molar-refractivity contribution is 8.00. The molecule has 0 radical (unpaired) electrons. The molecule has 0 aliphatic carbocycles. The second kappa shape index (κ2) is 8.91. The molecule has 0 aromatic heterocycles. The summed E-state index contributed by atoms with van der Waals surface area (Å²) >= 11 is 1.27. The van der Waals surface area contributed by atoms with Gasteiger partial charge in [-0.25, -0.2) is 13.2 Å². The number of carbonyl (C=O) groups excluding carboxylic acids is 2. The van der Waals surface area contributed by atoms with Gasteiger partial charge in [0.05, 0.1) is 5.75 Å². The molecule has 1 aliphatic rings. The number of amides is 2. The number of thioether (sulfide) groups is 1. The van der Waals surface area contributed by atoms with E-state index in [0.717, 1.165) is 5.56 Å². The van der Waals surface area contributed by atoms with Crippen molar-refractivity contribution in [2.24, 2.45) is 0 Å². The molecule has 0 atom stereocenters. The first-order chi connectivity index (χ1) is 11.9. The lowest BCUT2D eigenvalue weighted by Gasteiger charge is -2.37. The highest BCUT2D eigenvalue weighted by Crippen LogP contribution is 2.17. The third-order valence-corrected chi connectivity index (χ3v) is 6.10. The average molecular weight is 384 g/mol. The second-order valence-electron chi connectivity index (χ2n) is 5.44. The van der Waals surface area contributed by atoms with E-state index in [1.54, 1.807) is 6.08 Å². The summed E-state index contributed by atoms with van der Waals surface area (Å²) in [5.41, 5.74) is 0.852. The molecule has 136 valence electrons. The van der Waals surface area contributed by atoms with Crippen LogP contribution in [-0.4, -0.2) is 55.2 Å². The maximum absolute atomic E-state index is 12.1. The molecule has 2 amide bonds. The van der Waals surface area contributed by atoms with Crippen molar-refractivity contribution in [3.05, 3.63) is 48.6 Å². The van der Waals surface area contributed by atoms with Gasteiger partial charge in [-0.05, 0) is 5.56 Å². The molecule has 0 spiro atoms. The predicted octanol–water partition coefficient (Wildman–Crippen LogP) is 1.37.